The number of aromatic nitrogens is 3. The Hall–Kier alpha value is -2.84. The largest absolute Gasteiger partial charge is 0.479 e. The number of amides is 3. The summed E-state index contributed by atoms with van der Waals surface area (Å²) in [4.78, 5) is 31.9. The summed E-state index contributed by atoms with van der Waals surface area (Å²) in [5, 5.41) is 11.5. The van der Waals surface area contributed by atoms with Gasteiger partial charge in [0.05, 0.1) is 12.5 Å². The molecule has 9 nitrogen and oxygen atoms in total. The van der Waals surface area contributed by atoms with Crippen LogP contribution in [0.15, 0.2) is 0 Å². The standard InChI is InChI=1S/C25H38N6O3/c1-16-20(17(2)26-23-22(16)24(34-4)29-30(23)3)10-11-21(32)31-14-12-19(13-15-31)28-25(33)27-18-8-6-5-7-9-18/h18-19H,5-15H2,1-4H3,(H2,27,28,33). The molecule has 0 bridgehead atoms. The number of aryl methyl sites for hydroxylation is 3. The van der Waals surface area contributed by atoms with Gasteiger partial charge < -0.3 is 20.3 Å². The van der Waals surface area contributed by atoms with Crippen LogP contribution in [-0.4, -0.2) is 63.9 Å². The highest BCUT2D eigenvalue weighted by molar-refractivity contribution is 5.86. The van der Waals surface area contributed by atoms with Gasteiger partial charge in [-0.3, -0.25) is 4.79 Å². The quantitative estimate of drug-likeness (QED) is 0.675. The van der Waals surface area contributed by atoms with Gasteiger partial charge in [-0.2, -0.15) is 0 Å². The molecule has 0 atom stereocenters. The average Bonchev–Trinajstić information content (AvgIpc) is 3.15. The normalized spacial score (nSPS) is 17.7. The number of nitrogens with zero attached hydrogens (tertiary/aromatic N) is 4. The minimum atomic E-state index is -0.0589. The number of ether oxygens (including phenoxy) is 1. The molecular weight excluding hydrogens is 432 g/mol. The third-order valence-corrected chi connectivity index (χ3v) is 7.43. The highest BCUT2D eigenvalue weighted by atomic mass is 16.5. The average molecular weight is 471 g/mol. The summed E-state index contributed by atoms with van der Waals surface area (Å²) >= 11 is 0. The fraction of sp³-hybridized carbons (Fsp3) is 0.680. The molecule has 1 saturated carbocycles. The maximum absolute atomic E-state index is 12.9. The highest BCUT2D eigenvalue weighted by Crippen LogP contribution is 2.30. The lowest BCUT2D eigenvalue weighted by Crippen LogP contribution is -2.51. The lowest BCUT2D eigenvalue weighted by molar-refractivity contribution is -0.132. The molecule has 3 heterocycles. The van der Waals surface area contributed by atoms with Crippen molar-refractivity contribution in [2.75, 3.05) is 20.2 Å². The zero-order valence-corrected chi connectivity index (χ0v) is 20.9. The summed E-state index contributed by atoms with van der Waals surface area (Å²) in [5.41, 5.74) is 3.88. The lowest BCUT2D eigenvalue weighted by Gasteiger charge is -2.33. The van der Waals surface area contributed by atoms with Crippen LogP contribution in [0.25, 0.3) is 11.0 Å². The zero-order chi connectivity index (χ0) is 24.2. The number of rotatable bonds is 6. The third-order valence-electron chi connectivity index (χ3n) is 7.43. The Bertz CT molecular complexity index is 1040. The second-order valence-electron chi connectivity index (χ2n) is 9.74. The van der Waals surface area contributed by atoms with E-state index in [0.717, 1.165) is 53.5 Å². The Labute approximate surface area is 201 Å². The van der Waals surface area contributed by atoms with Gasteiger partial charge in [0.25, 0.3) is 0 Å². The summed E-state index contributed by atoms with van der Waals surface area (Å²) < 4.78 is 7.18. The van der Waals surface area contributed by atoms with Crippen LogP contribution >= 0.6 is 0 Å². The minimum Gasteiger partial charge on any atom is -0.479 e. The molecule has 0 radical (unpaired) electrons. The number of nitrogens with one attached hydrogen (secondary N) is 2. The molecule has 3 amide bonds. The maximum Gasteiger partial charge on any atom is 0.315 e. The van der Waals surface area contributed by atoms with E-state index in [1.54, 1.807) is 11.8 Å². The van der Waals surface area contributed by atoms with Gasteiger partial charge in [0.15, 0.2) is 5.65 Å². The predicted octanol–water partition coefficient (Wildman–Crippen LogP) is 3.15. The van der Waals surface area contributed by atoms with E-state index in [4.69, 9.17) is 9.72 Å². The van der Waals surface area contributed by atoms with Crippen molar-refractivity contribution in [1.82, 2.24) is 30.3 Å². The second-order valence-corrected chi connectivity index (χ2v) is 9.74. The second kappa shape index (κ2) is 10.6. The molecule has 2 aliphatic rings. The van der Waals surface area contributed by atoms with E-state index in [0.29, 0.717) is 37.9 Å². The Morgan fingerprint density at radius 3 is 2.32 bits per heavy atom. The van der Waals surface area contributed by atoms with Crippen LogP contribution in [0.3, 0.4) is 0 Å². The molecule has 0 aromatic carbocycles. The molecule has 2 aromatic rings. The van der Waals surface area contributed by atoms with Crippen molar-refractivity contribution >= 4 is 23.0 Å². The highest BCUT2D eigenvalue weighted by Gasteiger charge is 2.25. The molecule has 4 rings (SSSR count). The Kier molecular flexibility index (Phi) is 7.58. The van der Waals surface area contributed by atoms with Crippen molar-refractivity contribution in [2.45, 2.75) is 83.7 Å². The molecule has 1 aliphatic carbocycles. The van der Waals surface area contributed by atoms with Crippen LogP contribution in [0.5, 0.6) is 5.88 Å². The number of carbonyl (C=O) groups is 2. The first kappa shape index (κ1) is 24.3. The number of hydrogen-bond donors (Lipinski definition) is 2. The Balaban J connectivity index is 1.28. The lowest BCUT2D eigenvalue weighted by atomic mass is 9.96. The van der Waals surface area contributed by atoms with Crippen LogP contribution in [0.2, 0.25) is 0 Å². The van der Waals surface area contributed by atoms with Gasteiger partial charge in [-0.1, -0.05) is 19.3 Å². The van der Waals surface area contributed by atoms with E-state index >= 15 is 0 Å². The molecule has 0 spiro atoms. The summed E-state index contributed by atoms with van der Waals surface area (Å²) in [6.45, 7) is 5.40. The van der Waals surface area contributed by atoms with Gasteiger partial charge in [-0.25, -0.2) is 14.5 Å². The molecule has 2 N–H and O–H groups in total. The first-order valence-electron chi connectivity index (χ1n) is 12.6. The maximum atomic E-state index is 12.9. The number of piperidine rings is 1. The first-order chi connectivity index (χ1) is 16.4. The first-order valence-corrected chi connectivity index (χ1v) is 12.6. The molecule has 1 saturated heterocycles. The number of carbonyl (C=O) groups excluding carboxylic acids is 2. The molecule has 9 heteroatoms. The van der Waals surface area contributed by atoms with Crippen LogP contribution < -0.4 is 15.4 Å². The van der Waals surface area contributed by atoms with Gasteiger partial charge in [0.2, 0.25) is 11.8 Å². The molecular formula is C25H38N6O3. The van der Waals surface area contributed by atoms with E-state index in [2.05, 4.69) is 22.7 Å². The number of urea groups is 1. The molecule has 1 aliphatic heterocycles. The molecule has 34 heavy (non-hydrogen) atoms. The SMILES string of the molecule is COc1nn(C)c2nc(C)c(CCC(=O)N3CCC(NC(=O)NC4CCCCC4)CC3)c(C)c12. The van der Waals surface area contributed by atoms with Gasteiger partial charge in [0.1, 0.15) is 0 Å². The number of methoxy groups -OCH3 is 1. The van der Waals surface area contributed by atoms with Crippen LogP contribution in [0.1, 0.15) is 68.2 Å². The van der Waals surface area contributed by atoms with Crippen molar-refractivity contribution in [3.05, 3.63) is 16.8 Å². The monoisotopic (exact) mass is 470 g/mol. The summed E-state index contributed by atoms with van der Waals surface area (Å²) in [6.07, 6.45) is 8.50. The number of fused-ring (bicyclic) bond motifs is 1. The molecule has 186 valence electrons. The van der Waals surface area contributed by atoms with Crippen molar-refractivity contribution in [1.29, 1.82) is 0 Å². The predicted molar refractivity (Wildman–Crippen MR) is 131 cm³/mol. The van der Waals surface area contributed by atoms with E-state index in [9.17, 15) is 9.59 Å². The van der Waals surface area contributed by atoms with Crippen molar-refractivity contribution in [3.8, 4) is 5.88 Å². The van der Waals surface area contributed by atoms with Crippen LogP contribution in [-0.2, 0) is 18.3 Å². The summed E-state index contributed by atoms with van der Waals surface area (Å²) in [6, 6.07) is 0.376. The minimum absolute atomic E-state index is 0.0589. The van der Waals surface area contributed by atoms with Crippen molar-refractivity contribution in [3.63, 3.8) is 0 Å². The fourth-order valence-electron chi connectivity index (χ4n) is 5.43. The third kappa shape index (κ3) is 5.28. The van der Waals surface area contributed by atoms with Crippen LogP contribution in [0, 0.1) is 13.8 Å². The molecule has 2 fully saturated rings. The van der Waals surface area contributed by atoms with Crippen molar-refractivity contribution in [2.24, 2.45) is 7.05 Å². The Morgan fingerprint density at radius 1 is 1.03 bits per heavy atom. The van der Waals surface area contributed by atoms with Crippen LogP contribution in [0.4, 0.5) is 4.79 Å². The van der Waals surface area contributed by atoms with Gasteiger partial charge in [-0.15, -0.1) is 5.10 Å². The smallest absolute Gasteiger partial charge is 0.315 e. The number of pyridine rings is 1. The van der Waals surface area contributed by atoms with Gasteiger partial charge in [-0.05, 0) is 57.1 Å². The summed E-state index contributed by atoms with van der Waals surface area (Å²) in [5.74, 6) is 0.722. The Morgan fingerprint density at radius 2 is 1.68 bits per heavy atom. The number of likely N-dealkylation sites (tertiary alicyclic amines) is 1. The van der Waals surface area contributed by atoms with E-state index in [-0.39, 0.29) is 18.0 Å². The number of hydrogen-bond acceptors (Lipinski definition) is 5. The van der Waals surface area contributed by atoms with E-state index in [1.165, 1.54) is 19.3 Å². The van der Waals surface area contributed by atoms with E-state index < -0.39 is 0 Å². The topological polar surface area (TPSA) is 101 Å². The van der Waals surface area contributed by atoms with E-state index in [1.807, 2.05) is 18.9 Å². The molecule has 2 aromatic heterocycles. The van der Waals surface area contributed by atoms with Crippen molar-refractivity contribution < 1.29 is 14.3 Å². The van der Waals surface area contributed by atoms with Gasteiger partial charge in [0, 0.05) is 44.3 Å². The zero-order valence-electron chi connectivity index (χ0n) is 20.9. The molecule has 0 unspecified atom stereocenters. The van der Waals surface area contributed by atoms with Gasteiger partial charge >= 0.3 is 6.03 Å². The summed E-state index contributed by atoms with van der Waals surface area (Å²) in [7, 11) is 3.47. The fourth-order valence-corrected chi connectivity index (χ4v) is 5.43.